The number of fused-ring (bicyclic) bond motifs is 1. The summed E-state index contributed by atoms with van der Waals surface area (Å²) in [5.74, 6) is 0.842. The van der Waals surface area contributed by atoms with E-state index in [2.05, 4.69) is 34.3 Å². The summed E-state index contributed by atoms with van der Waals surface area (Å²) in [4.78, 5) is 21.5. The largest absolute Gasteiger partial charge is 0.349 e. The molecule has 1 aliphatic rings. The number of aryl methyl sites for hydroxylation is 1. The Morgan fingerprint density at radius 3 is 2.50 bits per heavy atom. The van der Waals surface area contributed by atoms with E-state index < -0.39 is 0 Å². The number of carbonyl (C=O) groups is 1. The molecular formula is C23H24N4O. The predicted molar refractivity (Wildman–Crippen MR) is 114 cm³/mol. The lowest BCUT2D eigenvalue weighted by atomic mass is 10.1. The quantitative estimate of drug-likeness (QED) is 0.722. The Morgan fingerprint density at radius 2 is 1.75 bits per heavy atom. The highest BCUT2D eigenvalue weighted by Gasteiger charge is 2.27. The fourth-order valence-corrected chi connectivity index (χ4v) is 3.47. The summed E-state index contributed by atoms with van der Waals surface area (Å²) in [7, 11) is 0. The zero-order chi connectivity index (χ0) is 19.3. The Balaban J connectivity index is 1.53. The van der Waals surface area contributed by atoms with Crippen molar-refractivity contribution in [3.8, 4) is 0 Å². The minimum atomic E-state index is -0.127. The van der Waals surface area contributed by atoms with E-state index in [1.54, 1.807) is 11.1 Å². The van der Waals surface area contributed by atoms with Crippen LogP contribution < -0.4 is 15.1 Å². The van der Waals surface area contributed by atoms with E-state index in [1.807, 2.05) is 54.6 Å². The maximum atomic E-state index is 12.9. The normalized spacial score (nSPS) is 13.2. The van der Waals surface area contributed by atoms with Gasteiger partial charge in [0.05, 0.1) is 5.69 Å². The number of aromatic nitrogens is 1. The van der Waals surface area contributed by atoms with Gasteiger partial charge in [0.25, 0.3) is 0 Å². The van der Waals surface area contributed by atoms with Crippen molar-refractivity contribution < 1.29 is 4.79 Å². The monoisotopic (exact) mass is 372 g/mol. The van der Waals surface area contributed by atoms with Crippen molar-refractivity contribution in [2.45, 2.75) is 19.9 Å². The number of rotatable bonds is 4. The number of amides is 2. The van der Waals surface area contributed by atoms with Crippen LogP contribution in [-0.2, 0) is 13.0 Å². The van der Waals surface area contributed by atoms with Gasteiger partial charge in [-0.2, -0.15) is 0 Å². The first-order valence-electron chi connectivity index (χ1n) is 9.66. The van der Waals surface area contributed by atoms with Crippen LogP contribution in [0.3, 0.4) is 0 Å². The highest BCUT2D eigenvalue weighted by Crippen LogP contribution is 2.32. The second-order valence-electron chi connectivity index (χ2n) is 6.89. The van der Waals surface area contributed by atoms with E-state index in [-0.39, 0.29) is 6.03 Å². The van der Waals surface area contributed by atoms with Gasteiger partial charge in [-0.1, -0.05) is 49.4 Å². The Bertz CT molecular complexity index is 940. The van der Waals surface area contributed by atoms with Gasteiger partial charge in [0.15, 0.2) is 5.82 Å². The summed E-state index contributed by atoms with van der Waals surface area (Å²) in [5, 5.41) is 3.01. The molecule has 4 rings (SSSR count). The van der Waals surface area contributed by atoms with Crippen LogP contribution in [-0.4, -0.2) is 24.1 Å². The number of hydrogen-bond donors (Lipinski definition) is 1. The highest BCUT2D eigenvalue weighted by molar-refractivity contribution is 6.04. The third kappa shape index (κ3) is 3.83. The van der Waals surface area contributed by atoms with Crippen molar-refractivity contribution in [2.24, 2.45) is 0 Å². The van der Waals surface area contributed by atoms with Crippen LogP contribution in [0.25, 0.3) is 0 Å². The number of hydrogen-bond acceptors (Lipinski definition) is 3. The van der Waals surface area contributed by atoms with E-state index >= 15 is 0 Å². The fourth-order valence-electron chi connectivity index (χ4n) is 3.47. The van der Waals surface area contributed by atoms with E-state index in [9.17, 15) is 4.79 Å². The van der Waals surface area contributed by atoms with E-state index in [4.69, 9.17) is 0 Å². The van der Waals surface area contributed by atoms with Gasteiger partial charge in [0.2, 0.25) is 0 Å². The first-order valence-corrected chi connectivity index (χ1v) is 9.66. The SMILES string of the molecule is CCc1ccc(NC(=O)N2CCN(Cc3ccccc3)c3ncccc32)cc1. The molecule has 2 amide bonds. The number of nitrogens with one attached hydrogen (secondary N) is 1. The third-order valence-electron chi connectivity index (χ3n) is 5.02. The third-order valence-corrected chi connectivity index (χ3v) is 5.02. The molecule has 0 bridgehead atoms. The molecule has 5 nitrogen and oxygen atoms in total. The second-order valence-corrected chi connectivity index (χ2v) is 6.89. The molecule has 142 valence electrons. The van der Waals surface area contributed by atoms with Gasteiger partial charge in [-0.15, -0.1) is 0 Å². The zero-order valence-electron chi connectivity index (χ0n) is 16.0. The molecule has 0 unspecified atom stereocenters. The van der Waals surface area contributed by atoms with Crippen molar-refractivity contribution in [1.82, 2.24) is 4.98 Å². The van der Waals surface area contributed by atoms with Crippen molar-refractivity contribution >= 4 is 23.2 Å². The van der Waals surface area contributed by atoms with E-state index in [1.165, 1.54) is 11.1 Å². The van der Waals surface area contributed by atoms with Crippen molar-refractivity contribution in [3.63, 3.8) is 0 Å². The van der Waals surface area contributed by atoms with Crippen molar-refractivity contribution in [2.75, 3.05) is 28.2 Å². The Morgan fingerprint density at radius 1 is 0.964 bits per heavy atom. The number of pyridine rings is 1. The van der Waals surface area contributed by atoms with Gasteiger partial charge in [-0.3, -0.25) is 4.90 Å². The summed E-state index contributed by atoms with van der Waals surface area (Å²) in [6, 6.07) is 22.0. The Hall–Kier alpha value is -3.34. The average Bonchev–Trinajstić information content (AvgIpc) is 2.75. The minimum absolute atomic E-state index is 0.127. The average molecular weight is 372 g/mol. The maximum absolute atomic E-state index is 12.9. The molecule has 0 spiro atoms. The van der Waals surface area contributed by atoms with Crippen LogP contribution in [0.5, 0.6) is 0 Å². The van der Waals surface area contributed by atoms with Crippen LogP contribution in [0.4, 0.5) is 22.0 Å². The van der Waals surface area contributed by atoms with Gasteiger partial charge in [0.1, 0.15) is 0 Å². The lowest BCUT2D eigenvalue weighted by molar-refractivity contribution is 0.256. The predicted octanol–water partition coefficient (Wildman–Crippen LogP) is 4.70. The molecule has 2 heterocycles. The lowest BCUT2D eigenvalue weighted by Gasteiger charge is -2.36. The molecule has 1 aromatic heterocycles. The summed E-state index contributed by atoms with van der Waals surface area (Å²) in [5.41, 5.74) is 4.13. The van der Waals surface area contributed by atoms with Crippen LogP contribution in [0.2, 0.25) is 0 Å². The summed E-state index contributed by atoms with van der Waals surface area (Å²) >= 11 is 0. The molecule has 0 fully saturated rings. The number of urea groups is 1. The van der Waals surface area contributed by atoms with Crippen LogP contribution in [0.15, 0.2) is 72.9 Å². The second kappa shape index (κ2) is 8.13. The van der Waals surface area contributed by atoms with Crippen LogP contribution in [0.1, 0.15) is 18.1 Å². The molecule has 1 aliphatic heterocycles. The van der Waals surface area contributed by atoms with Crippen LogP contribution in [0, 0.1) is 0 Å². The van der Waals surface area contributed by atoms with Gasteiger partial charge in [-0.05, 0) is 41.8 Å². The first kappa shape index (κ1) is 18.0. The minimum Gasteiger partial charge on any atom is -0.349 e. The van der Waals surface area contributed by atoms with Gasteiger partial charge in [-0.25, -0.2) is 9.78 Å². The first-order chi connectivity index (χ1) is 13.7. The zero-order valence-corrected chi connectivity index (χ0v) is 16.0. The Labute approximate surface area is 165 Å². The number of nitrogens with zero attached hydrogens (tertiary/aromatic N) is 3. The molecule has 3 aromatic rings. The summed E-state index contributed by atoms with van der Waals surface area (Å²) in [6.45, 7) is 4.25. The summed E-state index contributed by atoms with van der Waals surface area (Å²) in [6.07, 6.45) is 2.76. The van der Waals surface area contributed by atoms with Crippen LogP contribution >= 0.6 is 0 Å². The van der Waals surface area contributed by atoms with Gasteiger partial charge >= 0.3 is 6.03 Å². The summed E-state index contributed by atoms with van der Waals surface area (Å²) < 4.78 is 0. The standard InChI is InChI=1S/C23H24N4O/c1-2-18-10-12-20(13-11-18)25-23(28)27-16-15-26(17-19-7-4-3-5-8-19)22-21(27)9-6-14-24-22/h3-14H,2,15-17H2,1H3,(H,25,28). The maximum Gasteiger partial charge on any atom is 0.326 e. The van der Waals surface area contributed by atoms with Crippen molar-refractivity contribution in [3.05, 3.63) is 84.1 Å². The lowest BCUT2D eigenvalue weighted by Crippen LogP contribution is -2.46. The van der Waals surface area contributed by atoms with E-state index in [0.29, 0.717) is 6.54 Å². The molecule has 0 saturated carbocycles. The van der Waals surface area contributed by atoms with Gasteiger partial charge in [0, 0.05) is 31.5 Å². The highest BCUT2D eigenvalue weighted by atomic mass is 16.2. The molecule has 0 aliphatic carbocycles. The smallest absolute Gasteiger partial charge is 0.326 e. The molecular weight excluding hydrogens is 348 g/mol. The topological polar surface area (TPSA) is 48.5 Å². The fraction of sp³-hybridized carbons (Fsp3) is 0.217. The number of carbonyl (C=O) groups excluding carboxylic acids is 1. The van der Waals surface area contributed by atoms with E-state index in [0.717, 1.165) is 36.7 Å². The molecule has 2 aromatic carbocycles. The molecule has 0 radical (unpaired) electrons. The van der Waals surface area contributed by atoms with Gasteiger partial charge < -0.3 is 10.2 Å². The number of benzene rings is 2. The Kier molecular flexibility index (Phi) is 5.24. The molecule has 0 saturated heterocycles. The van der Waals surface area contributed by atoms with Crippen molar-refractivity contribution in [1.29, 1.82) is 0 Å². The molecule has 28 heavy (non-hydrogen) atoms. The number of anilines is 3. The molecule has 1 N–H and O–H groups in total. The molecule has 0 atom stereocenters. The molecule has 5 heteroatoms.